The first kappa shape index (κ1) is 6.92. The third-order valence-corrected chi connectivity index (χ3v) is 3.41. The smallest absolute Gasteiger partial charge is 0.231 e. The molecule has 4 nitrogen and oxygen atoms in total. The van der Waals surface area contributed by atoms with Gasteiger partial charge in [0, 0.05) is 26.7 Å². The molecule has 0 bridgehead atoms. The van der Waals surface area contributed by atoms with Crippen molar-refractivity contribution < 1.29 is 35.1 Å². The van der Waals surface area contributed by atoms with Crippen molar-refractivity contribution in [1.29, 1.82) is 0 Å². The molecule has 24 heavy (non-hydrogen) atoms. The lowest BCUT2D eigenvalue weighted by Gasteiger charge is -2.32. The van der Waals surface area contributed by atoms with Crippen LogP contribution in [0.4, 0.5) is 4.39 Å². The van der Waals surface area contributed by atoms with E-state index in [1.165, 1.54) is 18.2 Å². The fourth-order valence-electron chi connectivity index (χ4n) is 2.24. The van der Waals surface area contributed by atoms with Gasteiger partial charge in [-0.1, -0.05) is 12.1 Å². The third kappa shape index (κ3) is 3.17. The fraction of sp³-hybridized carbons (Fsp3) is 0.368. The number of hydrogen-bond acceptors (Lipinski definition) is 4. The highest BCUT2D eigenvalue weighted by molar-refractivity contribution is 5.46. The summed E-state index contributed by atoms with van der Waals surface area (Å²) in [4.78, 5) is 0. The first-order chi connectivity index (χ1) is 16.4. The second-order valence-electron chi connectivity index (χ2n) is 4.96. The Morgan fingerprint density at radius 2 is 2.12 bits per heavy atom. The number of hydrogen-bond donors (Lipinski definition) is 1. The number of fused-ring (bicyclic) bond motifs is 1. The molecular formula is C19H20FNO3. The lowest BCUT2D eigenvalue weighted by Crippen LogP contribution is -2.38. The van der Waals surface area contributed by atoms with Crippen molar-refractivity contribution in [3.63, 3.8) is 0 Å². The number of ether oxygens (including phenoxy) is 3. The molecule has 2 atom stereocenters. The second kappa shape index (κ2) is 6.69. The molecule has 0 saturated carbocycles. The molecule has 1 saturated heterocycles. The maximum atomic E-state index is 14.2. The molecule has 1 N–H and O–H groups in total. The topological polar surface area (TPSA) is 39.7 Å². The summed E-state index contributed by atoms with van der Waals surface area (Å²) in [5.41, 5.74) is -0.980. The van der Waals surface area contributed by atoms with E-state index in [-0.39, 0.29) is 17.2 Å². The first-order valence-electron chi connectivity index (χ1n) is 13.0. The summed E-state index contributed by atoms with van der Waals surface area (Å²) >= 11 is 0. The molecule has 1 fully saturated rings. The second-order valence-corrected chi connectivity index (χ2v) is 4.96. The lowest BCUT2D eigenvalue weighted by atomic mass is 9.81. The van der Waals surface area contributed by atoms with Gasteiger partial charge >= 0.3 is 0 Å². The highest BCUT2D eigenvalue weighted by atomic mass is 19.1. The zero-order valence-electron chi connectivity index (χ0n) is 24.2. The minimum atomic E-state index is -3.34. The zero-order valence-corrected chi connectivity index (χ0v) is 12.2. The number of piperidine rings is 1. The van der Waals surface area contributed by atoms with Gasteiger partial charge in [0.25, 0.3) is 0 Å². The van der Waals surface area contributed by atoms with Gasteiger partial charge in [0.15, 0.2) is 11.5 Å². The van der Waals surface area contributed by atoms with Crippen molar-refractivity contribution in [3.05, 3.63) is 53.7 Å². The van der Waals surface area contributed by atoms with Crippen LogP contribution in [0.15, 0.2) is 42.4 Å². The van der Waals surface area contributed by atoms with Crippen LogP contribution in [0.1, 0.15) is 34.3 Å². The minimum Gasteiger partial charge on any atom is -0.493 e. The highest BCUT2D eigenvalue weighted by Gasteiger charge is 2.27. The van der Waals surface area contributed by atoms with Crippen LogP contribution in [0.2, 0.25) is 0 Å². The predicted molar refractivity (Wildman–Crippen MR) is 88.2 cm³/mol. The highest BCUT2D eigenvalue weighted by Crippen LogP contribution is 2.36. The molecule has 2 aromatic carbocycles. The molecule has 2 aliphatic rings. The minimum absolute atomic E-state index is 0.00293. The van der Waals surface area contributed by atoms with E-state index in [9.17, 15) is 4.39 Å². The average molecular weight is 341 g/mol. The Hall–Kier alpha value is -2.27. The van der Waals surface area contributed by atoms with Crippen LogP contribution in [0.25, 0.3) is 0 Å². The van der Waals surface area contributed by atoms with Gasteiger partial charge in [-0.2, -0.15) is 0 Å². The summed E-state index contributed by atoms with van der Waals surface area (Å²) in [6.07, 6.45) is -3.34. The lowest BCUT2D eigenvalue weighted by molar-refractivity contribution is 0.173. The van der Waals surface area contributed by atoms with E-state index < -0.39 is 80.1 Å². The van der Waals surface area contributed by atoms with Crippen molar-refractivity contribution in [1.82, 2.24) is 5.32 Å². The Kier molecular flexibility index (Phi) is 1.93. The Morgan fingerprint density at radius 3 is 3.00 bits per heavy atom. The third-order valence-electron chi connectivity index (χ3n) is 3.41. The molecule has 2 aliphatic heterocycles. The van der Waals surface area contributed by atoms with Crippen molar-refractivity contribution in [2.24, 2.45) is 5.89 Å². The van der Waals surface area contributed by atoms with E-state index in [1.54, 1.807) is 0 Å². The Bertz CT molecular complexity index is 1220. The molecule has 0 spiro atoms. The van der Waals surface area contributed by atoms with Crippen molar-refractivity contribution in [2.45, 2.75) is 12.3 Å². The van der Waals surface area contributed by atoms with Crippen molar-refractivity contribution in [3.8, 4) is 17.2 Å². The van der Waals surface area contributed by atoms with Gasteiger partial charge < -0.3 is 19.5 Å². The van der Waals surface area contributed by atoms with Gasteiger partial charge in [0.2, 0.25) is 6.75 Å². The molecule has 2 aromatic rings. The van der Waals surface area contributed by atoms with Gasteiger partial charge in [-0.05, 0) is 48.5 Å². The number of benzene rings is 2. The zero-order chi connectivity index (χ0) is 27.1. The van der Waals surface area contributed by atoms with Crippen LogP contribution in [0.3, 0.4) is 0 Å². The van der Waals surface area contributed by atoms with E-state index in [1.807, 2.05) is 0 Å². The van der Waals surface area contributed by atoms with Gasteiger partial charge in [0.05, 0.1) is 12.1 Å². The quantitative estimate of drug-likeness (QED) is 0.926. The van der Waals surface area contributed by atoms with Crippen molar-refractivity contribution >= 4 is 0 Å². The van der Waals surface area contributed by atoms with Crippen molar-refractivity contribution in [2.75, 3.05) is 26.4 Å². The summed E-state index contributed by atoms with van der Waals surface area (Å²) in [5, 5.41) is 2.22. The van der Waals surface area contributed by atoms with Gasteiger partial charge in [-0.25, -0.2) is 4.39 Å². The van der Waals surface area contributed by atoms with E-state index in [2.05, 4.69) is 5.32 Å². The molecule has 5 heteroatoms. The van der Waals surface area contributed by atoms with E-state index in [0.717, 1.165) is 0 Å². The Morgan fingerprint density at radius 1 is 1.29 bits per heavy atom. The maximum absolute atomic E-state index is 14.2. The van der Waals surface area contributed by atoms with E-state index >= 15 is 0 Å². The molecule has 2 heterocycles. The number of nitrogens with one attached hydrogen (secondary N) is 1. The standard InChI is InChI=1S/C19H20FNO3/c20-15-3-1-13(2-4-15)17-7-8-21-10-14(17)11-22-16-5-6-18-19(9-16)24-12-23-18/h1-6,9,14,17,21H,7-8,10-12H2/t14-,17?/m1/s1/i1D,2D,3D,4D,7D2,8D2,12D2,14D,17D. The molecule has 0 amide bonds. The Balaban J connectivity index is 1.81. The van der Waals surface area contributed by atoms with E-state index in [0.29, 0.717) is 0 Å². The summed E-state index contributed by atoms with van der Waals surface area (Å²) in [5.74, 6) is -7.09. The fourth-order valence-corrected chi connectivity index (χ4v) is 2.24. The summed E-state index contributed by atoms with van der Waals surface area (Å²) in [6.45, 7) is -6.90. The number of rotatable bonds is 4. The molecule has 0 aliphatic carbocycles. The largest absolute Gasteiger partial charge is 0.493 e. The average Bonchev–Trinajstić information content (AvgIpc) is 3.10. The Labute approximate surface area is 157 Å². The van der Waals surface area contributed by atoms with Crippen LogP contribution in [-0.4, -0.2) is 26.4 Å². The number of halogens is 1. The van der Waals surface area contributed by atoms with Crippen LogP contribution in [0, 0.1) is 11.7 Å². The first-order valence-corrected chi connectivity index (χ1v) is 7.05. The molecule has 4 rings (SSSR count). The monoisotopic (exact) mass is 341 g/mol. The summed E-state index contributed by atoms with van der Waals surface area (Å²) in [7, 11) is 0. The van der Waals surface area contributed by atoms with E-state index in [4.69, 9.17) is 30.7 Å². The molecule has 0 aromatic heterocycles. The van der Waals surface area contributed by atoms with Crippen LogP contribution in [-0.2, 0) is 0 Å². The predicted octanol–water partition coefficient (Wildman–Crippen LogP) is 3.33. The summed E-state index contributed by atoms with van der Waals surface area (Å²) < 4.78 is 128. The maximum Gasteiger partial charge on any atom is 0.231 e. The molecule has 0 radical (unpaired) electrons. The molecular weight excluding hydrogens is 309 g/mol. The van der Waals surface area contributed by atoms with Gasteiger partial charge in [-0.15, -0.1) is 0 Å². The molecule has 1 unspecified atom stereocenters. The van der Waals surface area contributed by atoms with Crippen LogP contribution >= 0.6 is 0 Å². The SMILES string of the molecule is [2H]c1c([2H])c(C2([2H])C([2H])([2H])C([2H])([2H])NC[C@]2([2H])COc2ccc3c(c2)OC([2H])([2H])O3)c([2H])c([2H])c1F. The normalized spacial score (nSPS) is 42.0. The van der Waals surface area contributed by atoms with Gasteiger partial charge in [-0.3, -0.25) is 0 Å². The van der Waals surface area contributed by atoms with Crippen LogP contribution in [0.5, 0.6) is 17.2 Å². The van der Waals surface area contributed by atoms with Gasteiger partial charge in [0.1, 0.15) is 14.3 Å². The van der Waals surface area contributed by atoms with Crippen LogP contribution < -0.4 is 19.5 Å². The summed E-state index contributed by atoms with van der Waals surface area (Å²) in [6, 6.07) is -0.691. The molecule has 126 valence electrons.